The quantitative estimate of drug-likeness (QED) is 0.788. The second kappa shape index (κ2) is 6.52. The summed E-state index contributed by atoms with van der Waals surface area (Å²) in [6, 6.07) is 6.98. The number of benzene rings is 1. The fourth-order valence-electron chi connectivity index (χ4n) is 2.57. The number of carbonyl (C=O) groups excluding carboxylic acids is 1. The number of rotatable bonds is 5. The van der Waals surface area contributed by atoms with Gasteiger partial charge in [-0.2, -0.15) is 0 Å². The van der Waals surface area contributed by atoms with Crippen molar-refractivity contribution in [2.75, 3.05) is 13.6 Å². The average Bonchev–Trinajstić information content (AvgIpc) is 2.46. The fraction of sp³-hybridized carbons (Fsp3) is 0.467. The lowest BCUT2D eigenvalue weighted by Crippen LogP contribution is -2.48. The number of carboxylic acid groups (broad SMARTS) is 1. The van der Waals surface area contributed by atoms with Crippen LogP contribution in [0.25, 0.3) is 0 Å². The Morgan fingerprint density at radius 1 is 1.35 bits per heavy atom. The molecule has 0 spiro atoms. The maximum atomic E-state index is 12.2. The van der Waals surface area contributed by atoms with Crippen molar-refractivity contribution in [3.63, 3.8) is 0 Å². The lowest BCUT2D eigenvalue weighted by Gasteiger charge is -2.34. The topological polar surface area (TPSA) is 69.6 Å². The predicted molar refractivity (Wildman–Crippen MR) is 75.3 cm³/mol. The van der Waals surface area contributed by atoms with Crippen molar-refractivity contribution < 1.29 is 14.7 Å². The number of hydrogen-bond donors (Lipinski definition) is 2. The molecular formula is C15H20N2O3. The summed E-state index contributed by atoms with van der Waals surface area (Å²) in [5, 5.41) is 12.3. The Hall–Kier alpha value is -1.88. The molecule has 2 N–H and O–H groups in total. The van der Waals surface area contributed by atoms with E-state index in [1.165, 1.54) is 4.90 Å². The summed E-state index contributed by atoms with van der Waals surface area (Å²) < 4.78 is 0. The molecule has 0 saturated carbocycles. The van der Waals surface area contributed by atoms with E-state index in [2.05, 4.69) is 5.32 Å². The zero-order chi connectivity index (χ0) is 14.5. The Labute approximate surface area is 118 Å². The molecule has 1 aromatic rings. The summed E-state index contributed by atoms with van der Waals surface area (Å²) in [7, 11) is 1.83. The van der Waals surface area contributed by atoms with Gasteiger partial charge in [0.05, 0.1) is 0 Å². The van der Waals surface area contributed by atoms with Gasteiger partial charge >= 0.3 is 5.97 Å². The smallest absolute Gasteiger partial charge is 0.326 e. The van der Waals surface area contributed by atoms with Crippen molar-refractivity contribution in [1.82, 2.24) is 10.2 Å². The Balaban J connectivity index is 2.13. The van der Waals surface area contributed by atoms with E-state index in [4.69, 9.17) is 0 Å². The molecule has 5 nitrogen and oxygen atoms in total. The SMILES string of the molecule is CNCCCC(=O)N1Cc2ccccc2C[C@H]1C(=O)O. The van der Waals surface area contributed by atoms with E-state index >= 15 is 0 Å². The van der Waals surface area contributed by atoms with Crippen molar-refractivity contribution in [3.8, 4) is 0 Å². The number of carbonyl (C=O) groups is 2. The van der Waals surface area contributed by atoms with Crippen LogP contribution in [0.15, 0.2) is 24.3 Å². The van der Waals surface area contributed by atoms with Crippen LogP contribution in [0.2, 0.25) is 0 Å². The molecule has 108 valence electrons. The lowest BCUT2D eigenvalue weighted by molar-refractivity contribution is -0.151. The van der Waals surface area contributed by atoms with E-state index in [0.29, 0.717) is 19.4 Å². The molecule has 1 heterocycles. The molecule has 0 aliphatic carbocycles. The largest absolute Gasteiger partial charge is 0.480 e. The highest BCUT2D eigenvalue weighted by atomic mass is 16.4. The van der Waals surface area contributed by atoms with E-state index in [0.717, 1.165) is 24.1 Å². The maximum Gasteiger partial charge on any atom is 0.326 e. The lowest BCUT2D eigenvalue weighted by atomic mass is 9.93. The van der Waals surface area contributed by atoms with Crippen molar-refractivity contribution >= 4 is 11.9 Å². The van der Waals surface area contributed by atoms with Crippen LogP contribution in [0.5, 0.6) is 0 Å². The van der Waals surface area contributed by atoms with Crippen LogP contribution < -0.4 is 5.32 Å². The zero-order valence-electron chi connectivity index (χ0n) is 11.6. The summed E-state index contributed by atoms with van der Waals surface area (Å²) in [5.74, 6) is -1.01. The zero-order valence-corrected chi connectivity index (χ0v) is 11.6. The molecule has 0 unspecified atom stereocenters. The Morgan fingerprint density at radius 2 is 2.05 bits per heavy atom. The molecule has 0 saturated heterocycles. The first kappa shape index (κ1) is 14.5. The number of nitrogens with zero attached hydrogens (tertiary/aromatic N) is 1. The minimum atomic E-state index is -0.929. The second-order valence-electron chi connectivity index (χ2n) is 5.06. The van der Waals surface area contributed by atoms with E-state index in [9.17, 15) is 14.7 Å². The summed E-state index contributed by atoms with van der Waals surface area (Å²) in [6.07, 6.45) is 1.50. The number of fused-ring (bicyclic) bond motifs is 1. The number of carboxylic acids is 1. The van der Waals surface area contributed by atoms with E-state index in [1.54, 1.807) is 0 Å². The predicted octanol–water partition coefficient (Wildman–Crippen LogP) is 1.02. The minimum absolute atomic E-state index is 0.0813. The van der Waals surface area contributed by atoms with Crippen LogP contribution in [0.1, 0.15) is 24.0 Å². The average molecular weight is 276 g/mol. The summed E-state index contributed by atoms with van der Waals surface area (Å²) in [4.78, 5) is 25.1. The monoisotopic (exact) mass is 276 g/mol. The van der Waals surface area contributed by atoms with Gasteiger partial charge in [0, 0.05) is 19.4 Å². The standard InChI is InChI=1S/C15H20N2O3/c1-16-8-4-7-14(18)17-10-12-6-3-2-5-11(12)9-13(17)15(19)20/h2-3,5-6,13,16H,4,7-10H2,1H3,(H,19,20)/t13-/m0/s1. The molecule has 1 aliphatic rings. The molecule has 0 bridgehead atoms. The summed E-state index contributed by atoms with van der Waals surface area (Å²) >= 11 is 0. The van der Waals surface area contributed by atoms with Gasteiger partial charge in [-0.1, -0.05) is 24.3 Å². The Kier molecular flexibility index (Phi) is 4.74. The van der Waals surface area contributed by atoms with Crippen molar-refractivity contribution in [2.45, 2.75) is 31.8 Å². The van der Waals surface area contributed by atoms with Gasteiger partial charge in [0.25, 0.3) is 0 Å². The molecule has 1 atom stereocenters. The van der Waals surface area contributed by atoms with E-state index in [-0.39, 0.29) is 5.91 Å². The first-order chi connectivity index (χ1) is 9.63. The summed E-state index contributed by atoms with van der Waals surface area (Å²) in [6.45, 7) is 1.15. The number of aliphatic carboxylic acids is 1. The highest BCUT2D eigenvalue weighted by molar-refractivity contribution is 5.84. The van der Waals surface area contributed by atoms with Gasteiger partial charge in [0.1, 0.15) is 6.04 Å². The third-order valence-corrected chi connectivity index (χ3v) is 3.67. The van der Waals surface area contributed by atoms with Crippen molar-refractivity contribution in [1.29, 1.82) is 0 Å². The maximum absolute atomic E-state index is 12.2. The minimum Gasteiger partial charge on any atom is -0.480 e. The molecule has 1 aliphatic heterocycles. The second-order valence-corrected chi connectivity index (χ2v) is 5.06. The third-order valence-electron chi connectivity index (χ3n) is 3.67. The van der Waals surface area contributed by atoms with Crippen LogP contribution in [0, 0.1) is 0 Å². The van der Waals surface area contributed by atoms with Crippen LogP contribution in [0.3, 0.4) is 0 Å². The first-order valence-electron chi connectivity index (χ1n) is 6.87. The number of amides is 1. The molecule has 1 amide bonds. The van der Waals surface area contributed by atoms with E-state index < -0.39 is 12.0 Å². The van der Waals surface area contributed by atoms with Crippen molar-refractivity contribution in [3.05, 3.63) is 35.4 Å². The molecule has 0 aromatic heterocycles. The molecule has 20 heavy (non-hydrogen) atoms. The molecule has 5 heteroatoms. The van der Waals surface area contributed by atoms with Gasteiger partial charge in [0.2, 0.25) is 5.91 Å². The molecular weight excluding hydrogens is 256 g/mol. The van der Waals surface area contributed by atoms with Gasteiger partial charge in [-0.3, -0.25) is 4.79 Å². The number of hydrogen-bond acceptors (Lipinski definition) is 3. The Morgan fingerprint density at radius 3 is 2.70 bits per heavy atom. The molecule has 0 fully saturated rings. The first-order valence-corrected chi connectivity index (χ1v) is 6.87. The van der Waals surface area contributed by atoms with E-state index in [1.807, 2.05) is 31.3 Å². The van der Waals surface area contributed by atoms with Crippen LogP contribution in [-0.2, 0) is 22.6 Å². The molecule has 2 rings (SSSR count). The van der Waals surface area contributed by atoms with Gasteiger partial charge in [-0.05, 0) is 31.1 Å². The molecule has 1 aromatic carbocycles. The van der Waals surface area contributed by atoms with Crippen LogP contribution in [0.4, 0.5) is 0 Å². The molecule has 0 radical (unpaired) electrons. The fourth-order valence-corrected chi connectivity index (χ4v) is 2.57. The summed E-state index contributed by atoms with van der Waals surface area (Å²) in [5.41, 5.74) is 2.08. The van der Waals surface area contributed by atoms with Crippen molar-refractivity contribution in [2.24, 2.45) is 0 Å². The van der Waals surface area contributed by atoms with Gasteiger partial charge in [0.15, 0.2) is 0 Å². The highest BCUT2D eigenvalue weighted by Gasteiger charge is 2.33. The highest BCUT2D eigenvalue weighted by Crippen LogP contribution is 2.24. The van der Waals surface area contributed by atoms with Crippen LogP contribution in [-0.4, -0.2) is 41.5 Å². The third kappa shape index (κ3) is 3.17. The normalized spacial score (nSPS) is 17.6. The number of nitrogens with one attached hydrogen (secondary N) is 1. The van der Waals surface area contributed by atoms with Crippen LogP contribution >= 0.6 is 0 Å². The van der Waals surface area contributed by atoms with Gasteiger partial charge < -0.3 is 15.3 Å². The van der Waals surface area contributed by atoms with Gasteiger partial charge in [-0.15, -0.1) is 0 Å². The van der Waals surface area contributed by atoms with Gasteiger partial charge in [-0.25, -0.2) is 4.79 Å². The Bertz CT molecular complexity index is 502.